The first-order chi connectivity index (χ1) is 17.9. The molecule has 0 aliphatic heterocycles. The minimum absolute atomic E-state index is 0.105. The third-order valence-electron chi connectivity index (χ3n) is 7.60. The molecule has 0 N–H and O–H groups in total. The number of hydrogen-bond donors (Lipinski definition) is 0. The molecule has 0 unspecified atom stereocenters. The quantitative estimate of drug-likeness (QED) is 0.213. The van der Waals surface area contributed by atoms with Crippen LogP contribution in [0.3, 0.4) is 0 Å². The molecule has 0 saturated carbocycles. The van der Waals surface area contributed by atoms with Gasteiger partial charge in [0.15, 0.2) is 26.6 Å². The molecule has 4 aromatic rings. The van der Waals surface area contributed by atoms with Gasteiger partial charge in [0, 0.05) is 0 Å². The highest BCUT2D eigenvalue weighted by molar-refractivity contribution is 6.99. The lowest BCUT2D eigenvalue weighted by Gasteiger charge is -2.44. The van der Waals surface area contributed by atoms with Crippen molar-refractivity contribution in [1.29, 1.82) is 0 Å². The zero-order valence-electron chi connectivity index (χ0n) is 23.8. The Morgan fingerprint density at radius 3 is 1.87 bits per heavy atom. The van der Waals surface area contributed by atoms with Gasteiger partial charge in [0.2, 0.25) is 5.89 Å². The summed E-state index contributed by atoms with van der Waals surface area (Å²) in [5.74, 6) is 0.986. The summed E-state index contributed by atoms with van der Waals surface area (Å²) in [4.78, 5) is 9.03. The van der Waals surface area contributed by atoms with E-state index >= 15 is 0 Å². The van der Waals surface area contributed by atoms with Crippen molar-refractivity contribution in [2.75, 3.05) is 0 Å². The fraction of sp³-hybridized carbons (Fsp3) is 0.400. The summed E-state index contributed by atoms with van der Waals surface area (Å²) in [5, 5.41) is 2.20. The molecule has 0 saturated heterocycles. The maximum atomic E-state index is 7.33. The molecule has 0 bridgehead atoms. The lowest BCUT2D eigenvalue weighted by molar-refractivity contribution is 0.168. The lowest BCUT2D eigenvalue weighted by atomic mass is 10.2. The highest BCUT2D eigenvalue weighted by Crippen LogP contribution is 2.42. The first-order valence-corrected chi connectivity index (χ1v) is 17.9. The minimum Gasteiger partial charge on any atom is -0.445 e. The molecule has 8 heteroatoms. The van der Waals surface area contributed by atoms with E-state index in [9.17, 15) is 0 Å². The van der Waals surface area contributed by atoms with Crippen LogP contribution in [-0.2, 0) is 15.5 Å². The monoisotopic (exact) mass is 548 g/mol. The van der Waals surface area contributed by atoms with Gasteiger partial charge in [-0.3, -0.25) is 0 Å². The summed E-state index contributed by atoms with van der Waals surface area (Å²) in [5.41, 5.74) is 0.736. The van der Waals surface area contributed by atoms with Crippen molar-refractivity contribution < 1.29 is 17.7 Å². The number of aromatic nitrogens is 2. The van der Waals surface area contributed by atoms with Gasteiger partial charge in [-0.15, -0.1) is 0 Å². The van der Waals surface area contributed by atoms with Gasteiger partial charge in [0.1, 0.15) is 12.0 Å². The Morgan fingerprint density at radius 2 is 1.39 bits per heavy atom. The summed E-state index contributed by atoms with van der Waals surface area (Å²) in [6.07, 6.45) is 4.09. The molecular formula is C30H40N2O4Si2. The second-order valence-electron chi connectivity index (χ2n) is 12.3. The zero-order chi connectivity index (χ0) is 27.6. The lowest BCUT2D eigenvalue weighted by Crippen LogP contribution is -2.67. The number of benzene rings is 2. The van der Waals surface area contributed by atoms with Crippen LogP contribution in [0.2, 0.25) is 23.2 Å². The van der Waals surface area contributed by atoms with E-state index in [2.05, 4.69) is 108 Å². The van der Waals surface area contributed by atoms with E-state index in [1.165, 1.54) is 6.39 Å². The Labute approximate surface area is 228 Å². The second-order valence-corrected chi connectivity index (χ2v) is 21.4. The molecule has 0 aliphatic rings. The minimum atomic E-state index is -2.93. The van der Waals surface area contributed by atoms with Gasteiger partial charge in [-0.1, -0.05) is 102 Å². The third-order valence-corrected chi connectivity index (χ3v) is 17.1. The molecule has 38 heavy (non-hydrogen) atoms. The summed E-state index contributed by atoms with van der Waals surface area (Å²) in [7, 11) is -4.87. The zero-order valence-corrected chi connectivity index (χ0v) is 25.8. The highest BCUT2D eigenvalue weighted by atomic mass is 28.4. The van der Waals surface area contributed by atoms with Crippen LogP contribution in [0.1, 0.15) is 65.0 Å². The van der Waals surface area contributed by atoms with Gasteiger partial charge < -0.3 is 17.7 Å². The topological polar surface area (TPSA) is 70.5 Å². The van der Waals surface area contributed by atoms with Gasteiger partial charge in [-0.05, 0) is 33.5 Å². The molecule has 0 fully saturated rings. The fourth-order valence-electron chi connectivity index (χ4n) is 4.43. The normalized spacial score (nSPS) is 14.0. The molecule has 2 heterocycles. The van der Waals surface area contributed by atoms with Crippen LogP contribution in [-0.4, -0.2) is 26.6 Å². The standard InChI is InChI=1S/C30H40N2O4Si2/c1-29(2,3)37(7,8)35-21-23-20-33-28(32-23)27(26-19-31-22-34-26)36-38(30(4,5)6,24-15-11-9-12-16-24)25-17-13-10-14-18-25/h9-20,22,27H,21H2,1-8H3/t27-/m0/s1. The van der Waals surface area contributed by atoms with Crippen molar-refractivity contribution in [1.82, 2.24) is 9.97 Å². The largest absolute Gasteiger partial charge is 0.445 e. The van der Waals surface area contributed by atoms with E-state index in [1.54, 1.807) is 12.5 Å². The highest BCUT2D eigenvalue weighted by Gasteiger charge is 2.53. The van der Waals surface area contributed by atoms with Crippen LogP contribution in [0.15, 0.2) is 88.4 Å². The predicted octanol–water partition coefficient (Wildman–Crippen LogP) is 6.85. The van der Waals surface area contributed by atoms with Crippen LogP contribution >= 0.6 is 0 Å². The Hall–Kier alpha value is -2.79. The van der Waals surface area contributed by atoms with Gasteiger partial charge in [0.25, 0.3) is 8.32 Å². The number of hydrogen-bond acceptors (Lipinski definition) is 6. The maximum Gasteiger partial charge on any atom is 0.262 e. The molecule has 0 radical (unpaired) electrons. The molecule has 1 atom stereocenters. The first-order valence-electron chi connectivity index (χ1n) is 13.1. The molecule has 4 rings (SSSR count). The van der Waals surface area contributed by atoms with Crippen LogP contribution < -0.4 is 10.4 Å². The second kappa shape index (κ2) is 10.8. The average Bonchev–Trinajstić information content (AvgIpc) is 3.56. The summed E-state index contributed by atoms with van der Waals surface area (Å²) >= 11 is 0. The SMILES string of the molecule is CC(C)(C)[Si](C)(C)OCc1coc([C@@H](O[Si](c2ccccc2)(c2ccccc2)C(C)(C)C)c2cnco2)n1. The van der Waals surface area contributed by atoms with Crippen molar-refractivity contribution in [3.63, 3.8) is 0 Å². The average molecular weight is 549 g/mol. The van der Waals surface area contributed by atoms with Crippen LogP contribution in [0, 0.1) is 0 Å². The van der Waals surface area contributed by atoms with Gasteiger partial charge >= 0.3 is 0 Å². The van der Waals surface area contributed by atoms with Crippen LogP contribution in [0.25, 0.3) is 0 Å². The first kappa shape index (κ1) is 28.2. The molecule has 0 aliphatic carbocycles. The van der Waals surface area contributed by atoms with E-state index < -0.39 is 22.7 Å². The molecule has 2 aromatic carbocycles. The Kier molecular flexibility index (Phi) is 8.00. The molecular weight excluding hydrogens is 509 g/mol. The number of nitrogens with zero attached hydrogens (tertiary/aromatic N) is 2. The molecule has 202 valence electrons. The summed E-state index contributed by atoms with van der Waals surface area (Å²) in [6.45, 7) is 18.3. The van der Waals surface area contributed by atoms with Crippen molar-refractivity contribution in [2.45, 2.75) is 77.4 Å². The maximum absolute atomic E-state index is 7.33. The van der Waals surface area contributed by atoms with Crippen molar-refractivity contribution >= 4 is 27.0 Å². The predicted molar refractivity (Wildman–Crippen MR) is 156 cm³/mol. The molecule has 2 aromatic heterocycles. The van der Waals surface area contributed by atoms with Crippen molar-refractivity contribution in [2.24, 2.45) is 0 Å². The number of rotatable bonds is 9. The van der Waals surface area contributed by atoms with Gasteiger partial charge in [-0.2, -0.15) is 0 Å². The van der Waals surface area contributed by atoms with Crippen LogP contribution in [0.5, 0.6) is 0 Å². The van der Waals surface area contributed by atoms with E-state index in [1.807, 2.05) is 12.1 Å². The Balaban J connectivity index is 1.78. The third kappa shape index (κ3) is 5.63. The van der Waals surface area contributed by atoms with Crippen molar-refractivity contribution in [3.8, 4) is 0 Å². The summed E-state index contributed by atoms with van der Waals surface area (Å²) in [6, 6.07) is 21.0. The summed E-state index contributed by atoms with van der Waals surface area (Å²) < 4.78 is 25.6. The van der Waals surface area contributed by atoms with Crippen LogP contribution in [0.4, 0.5) is 0 Å². The molecule has 0 amide bonds. The van der Waals surface area contributed by atoms with E-state index in [0.29, 0.717) is 18.3 Å². The molecule has 6 nitrogen and oxygen atoms in total. The number of oxazole rings is 2. The van der Waals surface area contributed by atoms with E-state index in [-0.39, 0.29) is 10.1 Å². The smallest absolute Gasteiger partial charge is 0.262 e. The van der Waals surface area contributed by atoms with Gasteiger partial charge in [0.05, 0.1) is 12.8 Å². The van der Waals surface area contributed by atoms with Gasteiger partial charge in [-0.25, -0.2) is 9.97 Å². The van der Waals surface area contributed by atoms with E-state index in [0.717, 1.165) is 16.1 Å². The molecule has 0 spiro atoms. The Bertz CT molecular complexity index is 1250. The fourth-order valence-corrected chi connectivity index (χ4v) is 9.96. The van der Waals surface area contributed by atoms with E-state index in [4.69, 9.17) is 22.7 Å². The Morgan fingerprint density at radius 1 is 0.816 bits per heavy atom. The van der Waals surface area contributed by atoms with Crippen molar-refractivity contribution in [3.05, 3.63) is 96.9 Å².